The average molecular weight is 356 g/mol. The van der Waals surface area contributed by atoms with Crippen molar-refractivity contribution in [3.8, 4) is 22.9 Å². The third-order valence-electron chi connectivity index (χ3n) is 4.71. The van der Waals surface area contributed by atoms with Gasteiger partial charge in [-0.15, -0.1) is 0 Å². The Morgan fingerprint density at radius 2 is 1.93 bits per heavy atom. The van der Waals surface area contributed by atoms with Gasteiger partial charge in [0.05, 0.1) is 23.8 Å². The number of aromatic nitrogens is 4. The molecule has 0 saturated carbocycles. The van der Waals surface area contributed by atoms with E-state index in [0.29, 0.717) is 11.5 Å². The Morgan fingerprint density at radius 3 is 2.85 bits per heavy atom. The van der Waals surface area contributed by atoms with Crippen molar-refractivity contribution in [2.24, 2.45) is 0 Å². The van der Waals surface area contributed by atoms with Gasteiger partial charge in [-0.2, -0.15) is 0 Å². The second kappa shape index (κ2) is 5.95. The Hall–Kier alpha value is -3.67. The molecule has 0 radical (unpaired) electrons. The minimum absolute atomic E-state index is 0.452. The molecular weight excluding hydrogens is 340 g/mol. The largest absolute Gasteiger partial charge is 0.459 e. The number of ether oxygens (including phenoxy) is 1. The molecule has 1 aromatic carbocycles. The molecule has 0 aliphatic heterocycles. The molecule has 132 valence electrons. The molecule has 27 heavy (non-hydrogen) atoms. The molecule has 0 aliphatic rings. The topological polar surface area (TPSA) is 65.5 Å². The van der Waals surface area contributed by atoms with Crippen molar-refractivity contribution < 1.29 is 9.15 Å². The molecule has 0 bridgehead atoms. The van der Waals surface area contributed by atoms with E-state index in [-0.39, 0.29) is 0 Å². The van der Waals surface area contributed by atoms with Crippen LogP contribution in [0.15, 0.2) is 65.8 Å². The molecule has 5 aromatic rings. The summed E-state index contributed by atoms with van der Waals surface area (Å²) in [4.78, 5) is 13.2. The van der Waals surface area contributed by atoms with Crippen LogP contribution in [0.1, 0.15) is 11.3 Å². The van der Waals surface area contributed by atoms with Crippen LogP contribution in [-0.2, 0) is 0 Å². The van der Waals surface area contributed by atoms with Crippen LogP contribution in [0.3, 0.4) is 0 Å². The summed E-state index contributed by atoms with van der Waals surface area (Å²) in [6, 6.07) is 9.74. The molecule has 0 fully saturated rings. The van der Waals surface area contributed by atoms with Crippen molar-refractivity contribution in [3.63, 3.8) is 0 Å². The Balaban J connectivity index is 1.66. The second-order valence-electron chi connectivity index (χ2n) is 6.33. The van der Waals surface area contributed by atoms with E-state index in [0.717, 1.165) is 39.3 Å². The van der Waals surface area contributed by atoms with Crippen LogP contribution in [0.2, 0.25) is 0 Å². The molecule has 0 amide bonds. The van der Waals surface area contributed by atoms with Crippen LogP contribution in [0, 0.1) is 13.8 Å². The Bertz CT molecular complexity index is 1290. The zero-order valence-electron chi connectivity index (χ0n) is 14.9. The van der Waals surface area contributed by atoms with Gasteiger partial charge in [0.1, 0.15) is 5.75 Å². The molecule has 0 aliphatic carbocycles. The predicted molar refractivity (Wildman–Crippen MR) is 102 cm³/mol. The highest BCUT2D eigenvalue weighted by Gasteiger charge is 2.16. The van der Waals surface area contributed by atoms with Crippen molar-refractivity contribution in [2.45, 2.75) is 13.8 Å². The van der Waals surface area contributed by atoms with Gasteiger partial charge in [-0.05, 0) is 32.0 Å². The number of hydrogen-bond donors (Lipinski definition) is 0. The molecule has 6 heteroatoms. The average Bonchev–Trinajstić information content (AvgIpc) is 3.33. The molecule has 0 spiro atoms. The van der Waals surface area contributed by atoms with Crippen LogP contribution in [0.5, 0.6) is 11.6 Å². The SMILES string of the molecule is Cc1ncc2nccn2c1-c1cccc(Oc2nccc3ccoc23)c1C. The van der Waals surface area contributed by atoms with Crippen LogP contribution in [0.4, 0.5) is 0 Å². The summed E-state index contributed by atoms with van der Waals surface area (Å²) in [5.41, 5.74) is 5.39. The summed E-state index contributed by atoms with van der Waals surface area (Å²) in [5, 5.41) is 0.956. The first-order valence-electron chi connectivity index (χ1n) is 8.61. The molecule has 0 saturated heterocycles. The molecule has 0 atom stereocenters. The summed E-state index contributed by atoms with van der Waals surface area (Å²) >= 11 is 0. The molecular formula is C21H16N4O2. The summed E-state index contributed by atoms with van der Waals surface area (Å²) in [5.74, 6) is 1.17. The van der Waals surface area contributed by atoms with Gasteiger partial charge >= 0.3 is 0 Å². The summed E-state index contributed by atoms with van der Waals surface area (Å²) in [6.07, 6.45) is 8.84. The molecule has 6 nitrogen and oxygen atoms in total. The van der Waals surface area contributed by atoms with Gasteiger partial charge in [-0.3, -0.25) is 9.38 Å². The first kappa shape index (κ1) is 15.6. The smallest absolute Gasteiger partial charge is 0.263 e. The maximum Gasteiger partial charge on any atom is 0.263 e. The van der Waals surface area contributed by atoms with E-state index in [9.17, 15) is 0 Å². The number of benzene rings is 1. The van der Waals surface area contributed by atoms with E-state index in [4.69, 9.17) is 9.15 Å². The lowest BCUT2D eigenvalue weighted by Gasteiger charge is -2.15. The summed E-state index contributed by atoms with van der Waals surface area (Å²) < 4.78 is 13.7. The van der Waals surface area contributed by atoms with Crippen molar-refractivity contribution in [1.29, 1.82) is 0 Å². The molecule has 0 unspecified atom stereocenters. The van der Waals surface area contributed by atoms with E-state index in [2.05, 4.69) is 21.0 Å². The highest BCUT2D eigenvalue weighted by Crippen LogP contribution is 2.35. The van der Waals surface area contributed by atoms with E-state index in [1.54, 1.807) is 24.9 Å². The fourth-order valence-electron chi connectivity index (χ4n) is 3.34. The van der Waals surface area contributed by atoms with E-state index in [1.807, 2.05) is 48.7 Å². The number of aryl methyl sites for hydroxylation is 1. The van der Waals surface area contributed by atoms with E-state index >= 15 is 0 Å². The van der Waals surface area contributed by atoms with Gasteiger partial charge in [-0.25, -0.2) is 9.97 Å². The molecule has 0 N–H and O–H groups in total. The van der Waals surface area contributed by atoms with Crippen LogP contribution >= 0.6 is 0 Å². The predicted octanol–water partition coefficient (Wildman–Crippen LogP) is 4.95. The monoisotopic (exact) mass is 356 g/mol. The fraction of sp³-hybridized carbons (Fsp3) is 0.0952. The quantitative estimate of drug-likeness (QED) is 0.458. The number of furan rings is 1. The van der Waals surface area contributed by atoms with Gasteiger partial charge in [0.15, 0.2) is 11.2 Å². The van der Waals surface area contributed by atoms with Gasteiger partial charge in [-0.1, -0.05) is 12.1 Å². The van der Waals surface area contributed by atoms with Gasteiger partial charge in [0.25, 0.3) is 5.88 Å². The maximum absolute atomic E-state index is 6.13. The van der Waals surface area contributed by atoms with E-state index in [1.165, 1.54) is 0 Å². The summed E-state index contributed by atoms with van der Waals surface area (Å²) in [6.45, 7) is 4.02. The molecule has 5 rings (SSSR count). The van der Waals surface area contributed by atoms with Crippen LogP contribution in [-0.4, -0.2) is 19.4 Å². The van der Waals surface area contributed by atoms with Crippen molar-refractivity contribution in [3.05, 3.63) is 72.6 Å². The molecule has 4 heterocycles. The zero-order valence-corrected chi connectivity index (χ0v) is 14.9. The zero-order chi connectivity index (χ0) is 18.4. The van der Waals surface area contributed by atoms with E-state index < -0.39 is 0 Å². The first-order valence-corrected chi connectivity index (χ1v) is 8.61. The number of fused-ring (bicyclic) bond motifs is 2. The van der Waals surface area contributed by atoms with Gasteiger partial charge in [0.2, 0.25) is 0 Å². The van der Waals surface area contributed by atoms with Crippen molar-refractivity contribution in [1.82, 2.24) is 19.4 Å². The minimum Gasteiger partial charge on any atom is -0.459 e. The lowest BCUT2D eigenvalue weighted by atomic mass is 10.0. The van der Waals surface area contributed by atoms with Crippen molar-refractivity contribution in [2.75, 3.05) is 0 Å². The first-order chi connectivity index (χ1) is 13.2. The summed E-state index contributed by atoms with van der Waals surface area (Å²) in [7, 11) is 0. The number of nitrogens with zero attached hydrogens (tertiary/aromatic N) is 4. The number of rotatable bonds is 3. The standard InChI is InChI=1S/C21H16N4O2/c1-13-16(19-14(2)24-12-18-22-9-10-25(18)19)4-3-5-17(13)27-21-20-15(6-8-23-21)7-11-26-20/h3-12H,1-2H3. The van der Waals surface area contributed by atoms with Crippen LogP contribution < -0.4 is 4.74 Å². The fourth-order valence-corrected chi connectivity index (χ4v) is 3.34. The molecule has 4 aromatic heterocycles. The Kier molecular flexibility index (Phi) is 3.43. The maximum atomic E-state index is 6.13. The lowest BCUT2D eigenvalue weighted by molar-refractivity contribution is 0.451. The van der Waals surface area contributed by atoms with Crippen LogP contribution in [0.25, 0.3) is 27.9 Å². The van der Waals surface area contributed by atoms with Crippen molar-refractivity contribution >= 4 is 16.6 Å². The Morgan fingerprint density at radius 1 is 1.00 bits per heavy atom. The lowest BCUT2D eigenvalue weighted by Crippen LogP contribution is -2.00. The highest BCUT2D eigenvalue weighted by atomic mass is 16.5. The third kappa shape index (κ3) is 2.45. The highest BCUT2D eigenvalue weighted by molar-refractivity contribution is 5.81. The number of pyridine rings is 1. The number of hydrogen-bond acceptors (Lipinski definition) is 5. The normalized spacial score (nSPS) is 11.3. The third-order valence-corrected chi connectivity index (χ3v) is 4.71. The van der Waals surface area contributed by atoms with Gasteiger partial charge in [0, 0.05) is 35.1 Å². The van der Waals surface area contributed by atoms with Gasteiger partial charge < -0.3 is 9.15 Å². The minimum atomic E-state index is 0.452. The Labute approximate surface area is 155 Å². The number of imidazole rings is 1. The second-order valence-corrected chi connectivity index (χ2v) is 6.33.